The summed E-state index contributed by atoms with van der Waals surface area (Å²) in [5.41, 5.74) is -0.725. The Morgan fingerprint density at radius 3 is 2.18 bits per heavy atom. The van der Waals surface area contributed by atoms with Gasteiger partial charge in [0.25, 0.3) is 5.91 Å². The minimum Gasteiger partial charge on any atom is -0.366 e. The van der Waals surface area contributed by atoms with Crippen LogP contribution in [0.3, 0.4) is 0 Å². The van der Waals surface area contributed by atoms with Gasteiger partial charge >= 0.3 is 0 Å². The van der Waals surface area contributed by atoms with Gasteiger partial charge in [-0.1, -0.05) is 27.7 Å². The van der Waals surface area contributed by atoms with Gasteiger partial charge in [0.1, 0.15) is 5.60 Å². The van der Waals surface area contributed by atoms with Crippen LogP contribution in [0.5, 0.6) is 0 Å². The number of carbonyl (C=O) groups is 1. The van der Waals surface area contributed by atoms with Gasteiger partial charge in [0.05, 0.1) is 0 Å². The van der Waals surface area contributed by atoms with Crippen LogP contribution in [0, 0.1) is 5.92 Å². The fourth-order valence-corrected chi connectivity index (χ4v) is 1.47. The van der Waals surface area contributed by atoms with Gasteiger partial charge < -0.3 is 10.1 Å². The molecule has 0 heterocycles. The third kappa shape index (κ3) is 6.67. The van der Waals surface area contributed by atoms with Gasteiger partial charge in [0.2, 0.25) is 0 Å². The maximum Gasteiger partial charge on any atom is 0.251 e. The highest BCUT2D eigenvalue weighted by Gasteiger charge is 2.29. The highest BCUT2D eigenvalue weighted by atomic mass is 16.5. The lowest BCUT2D eigenvalue weighted by Crippen LogP contribution is -2.48. The molecule has 0 rings (SSSR count). The average molecular weight is 243 g/mol. The van der Waals surface area contributed by atoms with E-state index in [0.717, 1.165) is 19.3 Å². The molecule has 0 aliphatic carbocycles. The minimum absolute atomic E-state index is 0.00467. The van der Waals surface area contributed by atoms with Crippen LogP contribution in [0.15, 0.2) is 0 Å². The zero-order valence-corrected chi connectivity index (χ0v) is 12.3. The van der Waals surface area contributed by atoms with Crippen molar-refractivity contribution in [3.63, 3.8) is 0 Å². The Morgan fingerprint density at radius 2 is 1.76 bits per heavy atom. The van der Waals surface area contributed by atoms with Crippen molar-refractivity contribution in [1.82, 2.24) is 5.32 Å². The Bertz CT molecular complexity index is 220. The van der Waals surface area contributed by atoms with E-state index in [1.54, 1.807) is 0 Å². The van der Waals surface area contributed by atoms with Crippen molar-refractivity contribution in [3.05, 3.63) is 0 Å². The molecule has 3 nitrogen and oxygen atoms in total. The highest BCUT2D eigenvalue weighted by Crippen LogP contribution is 2.13. The number of nitrogens with one attached hydrogen (secondary N) is 1. The molecule has 0 aliphatic rings. The molecule has 0 aromatic carbocycles. The molecule has 0 bridgehead atoms. The van der Waals surface area contributed by atoms with Crippen molar-refractivity contribution in [2.45, 2.75) is 72.4 Å². The van der Waals surface area contributed by atoms with E-state index >= 15 is 0 Å². The zero-order chi connectivity index (χ0) is 13.5. The lowest BCUT2D eigenvalue weighted by Gasteiger charge is -2.27. The van der Waals surface area contributed by atoms with Gasteiger partial charge in [0, 0.05) is 12.6 Å². The topological polar surface area (TPSA) is 38.3 Å². The normalized spacial score (nSPS) is 12.2. The molecule has 102 valence electrons. The summed E-state index contributed by atoms with van der Waals surface area (Å²) in [4.78, 5) is 12.0. The smallest absolute Gasteiger partial charge is 0.251 e. The molecule has 0 unspecified atom stereocenters. The molecular formula is C14H29NO2. The van der Waals surface area contributed by atoms with Crippen molar-refractivity contribution in [2.24, 2.45) is 5.92 Å². The van der Waals surface area contributed by atoms with Gasteiger partial charge in [-0.25, -0.2) is 0 Å². The molecule has 0 aliphatic heterocycles. The predicted octanol–water partition coefficient (Wildman–Crippen LogP) is 3.13. The Kier molecular flexibility index (Phi) is 7.44. The molecule has 0 radical (unpaired) electrons. The molecule has 1 N–H and O–H groups in total. The fourth-order valence-electron chi connectivity index (χ4n) is 1.47. The SMILES string of the molecule is CCC(CC)NC(=O)C(C)(C)OCCC(C)C. The van der Waals surface area contributed by atoms with Crippen molar-refractivity contribution in [3.8, 4) is 0 Å². The second-order valence-electron chi connectivity index (χ2n) is 5.53. The number of hydrogen-bond donors (Lipinski definition) is 1. The van der Waals surface area contributed by atoms with Gasteiger partial charge in [0.15, 0.2) is 0 Å². The number of amides is 1. The summed E-state index contributed by atoms with van der Waals surface area (Å²) < 4.78 is 5.68. The largest absolute Gasteiger partial charge is 0.366 e. The first-order valence-corrected chi connectivity index (χ1v) is 6.78. The molecule has 0 atom stereocenters. The number of carbonyl (C=O) groups excluding carboxylic acids is 1. The maximum absolute atomic E-state index is 12.0. The van der Waals surface area contributed by atoms with E-state index in [9.17, 15) is 4.79 Å². The summed E-state index contributed by atoms with van der Waals surface area (Å²) in [6.07, 6.45) is 2.91. The molecule has 17 heavy (non-hydrogen) atoms. The molecule has 0 aromatic rings. The van der Waals surface area contributed by atoms with Crippen LogP contribution in [0.2, 0.25) is 0 Å². The van der Waals surface area contributed by atoms with Gasteiger partial charge in [-0.05, 0) is 39.0 Å². The number of ether oxygens (including phenoxy) is 1. The Labute approximate surface area is 106 Å². The minimum atomic E-state index is -0.725. The first kappa shape index (κ1) is 16.4. The summed E-state index contributed by atoms with van der Waals surface area (Å²) in [6.45, 7) is 12.8. The molecule has 0 saturated carbocycles. The summed E-state index contributed by atoms with van der Waals surface area (Å²) in [7, 11) is 0. The second-order valence-corrected chi connectivity index (χ2v) is 5.53. The van der Waals surface area contributed by atoms with E-state index in [4.69, 9.17) is 4.74 Å². The van der Waals surface area contributed by atoms with Gasteiger partial charge in [-0.2, -0.15) is 0 Å². The average Bonchev–Trinajstić information content (AvgIpc) is 2.24. The fraction of sp³-hybridized carbons (Fsp3) is 0.929. The monoisotopic (exact) mass is 243 g/mol. The lowest BCUT2D eigenvalue weighted by atomic mass is 10.1. The van der Waals surface area contributed by atoms with Crippen LogP contribution in [0.4, 0.5) is 0 Å². The molecule has 0 saturated heterocycles. The first-order chi connectivity index (χ1) is 7.83. The summed E-state index contributed by atoms with van der Waals surface area (Å²) in [5.74, 6) is 0.600. The third-order valence-electron chi connectivity index (χ3n) is 3.03. The first-order valence-electron chi connectivity index (χ1n) is 6.78. The van der Waals surface area contributed by atoms with Gasteiger partial charge in [-0.15, -0.1) is 0 Å². The Hall–Kier alpha value is -0.570. The van der Waals surface area contributed by atoms with E-state index in [1.807, 2.05) is 13.8 Å². The van der Waals surface area contributed by atoms with E-state index < -0.39 is 5.60 Å². The quantitative estimate of drug-likeness (QED) is 0.711. The van der Waals surface area contributed by atoms with Crippen LogP contribution < -0.4 is 5.32 Å². The van der Waals surface area contributed by atoms with Crippen molar-refractivity contribution in [2.75, 3.05) is 6.61 Å². The number of hydrogen-bond acceptors (Lipinski definition) is 2. The molecule has 0 aromatic heterocycles. The third-order valence-corrected chi connectivity index (χ3v) is 3.03. The number of rotatable bonds is 8. The van der Waals surface area contributed by atoms with Crippen LogP contribution >= 0.6 is 0 Å². The van der Waals surface area contributed by atoms with Crippen LogP contribution in [0.1, 0.15) is 60.8 Å². The van der Waals surface area contributed by atoms with E-state index in [2.05, 4.69) is 33.0 Å². The molecule has 3 heteroatoms. The molecule has 0 fully saturated rings. The molecule has 0 spiro atoms. The van der Waals surface area contributed by atoms with Crippen molar-refractivity contribution >= 4 is 5.91 Å². The maximum atomic E-state index is 12.0. The molecule has 1 amide bonds. The second kappa shape index (κ2) is 7.70. The summed E-state index contributed by atoms with van der Waals surface area (Å²) in [5, 5.41) is 3.03. The van der Waals surface area contributed by atoms with Crippen LogP contribution in [0.25, 0.3) is 0 Å². The van der Waals surface area contributed by atoms with E-state index in [-0.39, 0.29) is 11.9 Å². The lowest BCUT2D eigenvalue weighted by molar-refractivity contribution is -0.144. The van der Waals surface area contributed by atoms with Crippen molar-refractivity contribution in [1.29, 1.82) is 0 Å². The van der Waals surface area contributed by atoms with Crippen LogP contribution in [-0.2, 0) is 9.53 Å². The van der Waals surface area contributed by atoms with E-state index in [1.165, 1.54) is 0 Å². The predicted molar refractivity (Wildman–Crippen MR) is 72.0 cm³/mol. The van der Waals surface area contributed by atoms with Gasteiger partial charge in [-0.3, -0.25) is 4.79 Å². The summed E-state index contributed by atoms with van der Waals surface area (Å²) >= 11 is 0. The Balaban J connectivity index is 4.14. The Morgan fingerprint density at radius 1 is 1.24 bits per heavy atom. The van der Waals surface area contributed by atoms with Crippen molar-refractivity contribution < 1.29 is 9.53 Å². The standard InChI is InChI=1S/C14H29NO2/c1-7-12(8-2)15-13(16)14(5,6)17-10-9-11(3)4/h11-12H,7-10H2,1-6H3,(H,15,16). The highest BCUT2D eigenvalue weighted by molar-refractivity contribution is 5.84. The summed E-state index contributed by atoms with van der Waals surface area (Å²) in [6, 6.07) is 0.260. The van der Waals surface area contributed by atoms with E-state index in [0.29, 0.717) is 12.5 Å². The molecular weight excluding hydrogens is 214 g/mol. The zero-order valence-electron chi connectivity index (χ0n) is 12.3. The van der Waals surface area contributed by atoms with Crippen LogP contribution in [-0.4, -0.2) is 24.2 Å².